The van der Waals surface area contributed by atoms with E-state index in [4.69, 9.17) is 9.47 Å². The third kappa shape index (κ3) is 4.58. The Balaban J connectivity index is 1.68. The highest BCUT2D eigenvalue weighted by molar-refractivity contribution is 7.91. The molecule has 1 aliphatic rings. The fourth-order valence-corrected chi connectivity index (χ4v) is 5.34. The van der Waals surface area contributed by atoms with Crippen LogP contribution < -0.4 is 9.64 Å². The number of methoxy groups -OCH3 is 1. The van der Waals surface area contributed by atoms with E-state index in [9.17, 15) is 13.2 Å². The molecule has 7 nitrogen and oxygen atoms in total. The Hall–Kier alpha value is -2.49. The summed E-state index contributed by atoms with van der Waals surface area (Å²) < 4.78 is 36.2. The number of rotatable bonds is 7. The largest absolute Gasteiger partial charge is 0.497 e. The summed E-state index contributed by atoms with van der Waals surface area (Å²) in [5.41, 5.74) is 1.17. The molecule has 1 unspecified atom stereocenters. The number of sulfone groups is 1. The van der Waals surface area contributed by atoms with Crippen LogP contribution in [0.15, 0.2) is 47.4 Å². The molecule has 1 atom stereocenters. The van der Waals surface area contributed by atoms with Crippen molar-refractivity contribution in [1.29, 1.82) is 0 Å². The highest BCUT2D eigenvalue weighted by atomic mass is 32.2. The molecule has 2 aromatic carbocycles. The molecule has 1 aliphatic heterocycles. The van der Waals surface area contributed by atoms with E-state index in [1.54, 1.807) is 31.1 Å². The number of thiazole rings is 1. The second-order valence-electron chi connectivity index (χ2n) is 7.31. The molecule has 31 heavy (non-hydrogen) atoms. The topological polar surface area (TPSA) is 85.8 Å². The van der Waals surface area contributed by atoms with Gasteiger partial charge in [0, 0.05) is 18.2 Å². The van der Waals surface area contributed by atoms with Crippen LogP contribution in [0.2, 0.25) is 0 Å². The van der Waals surface area contributed by atoms with Crippen LogP contribution in [0.4, 0.5) is 5.13 Å². The smallest absolute Gasteiger partial charge is 0.260 e. The third-order valence-electron chi connectivity index (χ3n) is 5.31. The lowest BCUT2D eigenvalue weighted by molar-refractivity contribution is 0.0917. The van der Waals surface area contributed by atoms with Crippen LogP contribution in [0.5, 0.6) is 5.75 Å². The average molecular weight is 461 g/mol. The Morgan fingerprint density at radius 3 is 2.68 bits per heavy atom. The summed E-state index contributed by atoms with van der Waals surface area (Å²) in [5, 5.41) is 0.578. The quantitative estimate of drug-likeness (QED) is 0.531. The number of ether oxygens (including phenoxy) is 2. The van der Waals surface area contributed by atoms with Crippen LogP contribution in [0.3, 0.4) is 0 Å². The highest BCUT2D eigenvalue weighted by Gasteiger charge is 2.27. The van der Waals surface area contributed by atoms with Crippen LogP contribution >= 0.6 is 11.3 Å². The van der Waals surface area contributed by atoms with Gasteiger partial charge in [0.25, 0.3) is 5.91 Å². The highest BCUT2D eigenvalue weighted by Crippen LogP contribution is 2.33. The molecule has 0 radical (unpaired) electrons. The maximum Gasteiger partial charge on any atom is 0.260 e. The van der Waals surface area contributed by atoms with Gasteiger partial charge in [0.05, 0.1) is 40.6 Å². The molecule has 0 N–H and O–H groups in total. The van der Waals surface area contributed by atoms with E-state index in [1.807, 2.05) is 18.2 Å². The first-order valence-electron chi connectivity index (χ1n) is 10.1. The third-order valence-corrected chi connectivity index (χ3v) is 8.12. The molecule has 0 aliphatic carbocycles. The molecule has 164 valence electrons. The van der Waals surface area contributed by atoms with Crippen molar-refractivity contribution in [3.63, 3.8) is 0 Å². The molecule has 1 amide bonds. The van der Waals surface area contributed by atoms with Crippen molar-refractivity contribution in [2.24, 2.45) is 0 Å². The predicted molar refractivity (Wildman–Crippen MR) is 121 cm³/mol. The zero-order valence-corrected chi connectivity index (χ0v) is 19.0. The SMILES string of the molecule is CCS(=O)(=O)c1ccc(C(=O)N(CC2CCCO2)c2nc3cc(OC)ccc3s2)cc1. The van der Waals surface area contributed by atoms with Crippen molar-refractivity contribution < 1.29 is 22.7 Å². The number of fused-ring (bicyclic) bond motifs is 1. The molecule has 0 saturated carbocycles. The van der Waals surface area contributed by atoms with E-state index >= 15 is 0 Å². The number of nitrogens with zero attached hydrogens (tertiary/aromatic N) is 2. The van der Waals surface area contributed by atoms with Gasteiger partial charge >= 0.3 is 0 Å². The monoisotopic (exact) mass is 460 g/mol. The minimum absolute atomic E-state index is 0.0145. The van der Waals surface area contributed by atoms with Crippen LogP contribution in [0, 0.1) is 0 Å². The maximum absolute atomic E-state index is 13.4. The van der Waals surface area contributed by atoms with Crippen LogP contribution in [-0.2, 0) is 14.6 Å². The normalized spacial score (nSPS) is 16.5. The zero-order valence-electron chi connectivity index (χ0n) is 17.4. The van der Waals surface area contributed by atoms with Crippen LogP contribution in [-0.4, -0.2) is 51.4 Å². The van der Waals surface area contributed by atoms with Gasteiger partial charge in [-0.1, -0.05) is 18.3 Å². The fourth-order valence-electron chi connectivity index (χ4n) is 3.50. The Bertz CT molecular complexity index is 1180. The second-order valence-corrected chi connectivity index (χ2v) is 10.6. The van der Waals surface area contributed by atoms with Gasteiger partial charge in [-0.05, 0) is 49.2 Å². The average Bonchev–Trinajstić information content (AvgIpc) is 3.46. The Morgan fingerprint density at radius 2 is 2.03 bits per heavy atom. The Labute approximate surface area is 185 Å². The van der Waals surface area contributed by atoms with Gasteiger partial charge < -0.3 is 9.47 Å². The molecule has 4 rings (SSSR count). The summed E-state index contributed by atoms with van der Waals surface area (Å²) in [6.07, 6.45) is 1.80. The standard InChI is InChI=1S/C22H24N2O5S2/c1-3-31(26,27)18-9-6-15(7-10-18)21(25)24(14-17-5-4-12-29-17)22-23-19-13-16(28-2)8-11-20(19)30-22/h6-11,13,17H,3-5,12,14H2,1-2H3. The van der Waals surface area contributed by atoms with Crippen LogP contribution in [0.1, 0.15) is 30.1 Å². The van der Waals surface area contributed by atoms with Gasteiger partial charge in [-0.2, -0.15) is 0 Å². The summed E-state index contributed by atoms with van der Waals surface area (Å²) in [5.74, 6) is 0.483. The summed E-state index contributed by atoms with van der Waals surface area (Å²) in [6.45, 7) is 2.68. The van der Waals surface area contributed by atoms with Gasteiger partial charge in [0.1, 0.15) is 5.75 Å². The van der Waals surface area contributed by atoms with E-state index in [-0.39, 0.29) is 22.7 Å². The molecular formula is C22H24N2O5S2. The summed E-state index contributed by atoms with van der Waals surface area (Å²) >= 11 is 1.43. The molecule has 0 spiro atoms. The second kappa shape index (κ2) is 8.94. The summed E-state index contributed by atoms with van der Waals surface area (Å²) in [6, 6.07) is 11.7. The van der Waals surface area contributed by atoms with E-state index in [1.165, 1.54) is 23.5 Å². The number of carbonyl (C=O) groups is 1. The van der Waals surface area contributed by atoms with E-state index in [0.717, 1.165) is 23.1 Å². The summed E-state index contributed by atoms with van der Waals surface area (Å²) in [7, 11) is -1.72. The van der Waals surface area contributed by atoms with Crippen molar-refractivity contribution in [2.75, 3.05) is 30.9 Å². The van der Waals surface area contributed by atoms with E-state index in [2.05, 4.69) is 4.98 Å². The van der Waals surface area contributed by atoms with Gasteiger partial charge in [-0.3, -0.25) is 9.69 Å². The first kappa shape index (κ1) is 21.7. The lowest BCUT2D eigenvalue weighted by Gasteiger charge is -2.23. The van der Waals surface area contributed by atoms with Crippen LogP contribution in [0.25, 0.3) is 10.2 Å². The maximum atomic E-state index is 13.4. The number of amides is 1. The van der Waals surface area contributed by atoms with Gasteiger partial charge in [-0.25, -0.2) is 13.4 Å². The number of aromatic nitrogens is 1. The van der Waals surface area contributed by atoms with E-state index < -0.39 is 9.84 Å². The number of anilines is 1. The number of hydrogen-bond donors (Lipinski definition) is 0. The summed E-state index contributed by atoms with van der Waals surface area (Å²) in [4.78, 5) is 19.9. The number of carbonyl (C=O) groups excluding carboxylic acids is 1. The fraction of sp³-hybridized carbons (Fsp3) is 0.364. The van der Waals surface area contributed by atoms with Crippen molar-refractivity contribution >= 4 is 42.4 Å². The van der Waals surface area contributed by atoms with Crippen molar-refractivity contribution in [3.05, 3.63) is 48.0 Å². The molecule has 1 fully saturated rings. The van der Waals surface area contributed by atoms with E-state index in [0.29, 0.717) is 29.6 Å². The first-order valence-corrected chi connectivity index (χ1v) is 12.6. The molecule has 3 aromatic rings. The molecule has 1 aromatic heterocycles. The van der Waals surface area contributed by atoms with Crippen molar-refractivity contribution in [2.45, 2.75) is 30.8 Å². The molecule has 0 bridgehead atoms. The van der Waals surface area contributed by atoms with Crippen molar-refractivity contribution in [3.8, 4) is 5.75 Å². The van der Waals surface area contributed by atoms with Gasteiger partial charge in [-0.15, -0.1) is 0 Å². The van der Waals surface area contributed by atoms with Gasteiger partial charge in [0.2, 0.25) is 0 Å². The predicted octanol–water partition coefficient (Wildman–Crippen LogP) is 3.92. The minimum atomic E-state index is -3.32. The lowest BCUT2D eigenvalue weighted by atomic mass is 10.2. The Kier molecular flexibility index (Phi) is 6.27. The lowest BCUT2D eigenvalue weighted by Crippen LogP contribution is -2.37. The number of hydrogen-bond acceptors (Lipinski definition) is 7. The minimum Gasteiger partial charge on any atom is -0.497 e. The van der Waals surface area contributed by atoms with Gasteiger partial charge in [0.15, 0.2) is 15.0 Å². The molecular weight excluding hydrogens is 436 g/mol. The molecule has 9 heteroatoms. The number of benzene rings is 2. The first-order chi connectivity index (χ1) is 14.9. The Morgan fingerprint density at radius 1 is 1.26 bits per heavy atom. The molecule has 2 heterocycles. The van der Waals surface area contributed by atoms with Crippen molar-refractivity contribution in [1.82, 2.24) is 4.98 Å². The zero-order chi connectivity index (χ0) is 22.0. The molecule has 1 saturated heterocycles.